The number of ether oxygens (including phenoxy) is 1. The van der Waals surface area contributed by atoms with Crippen molar-refractivity contribution in [1.29, 1.82) is 0 Å². The van der Waals surface area contributed by atoms with Crippen molar-refractivity contribution in [2.24, 2.45) is 0 Å². The summed E-state index contributed by atoms with van der Waals surface area (Å²) in [5.74, 6) is 0.903. The van der Waals surface area contributed by atoms with E-state index in [-0.39, 0.29) is 5.91 Å². The molecule has 1 aliphatic rings. The number of thiophene rings is 1. The van der Waals surface area contributed by atoms with Crippen molar-refractivity contribution >= 4 is 17.2 Å². The van der Waals surface area contributed by atoms with Gasteiger partial charge in [0.15, 0.2) is 0 Å². The van der Waals surface area contributed by atoms with Crippen molar-refractivity contribution in [1.82, 2.24) is 15.4 Å². The zero-order chi connectivity index (χ0) is 17.8. The SMILES string of the molecule is CCOCCNC(=O)c1csc2c1CCN(Cc1c(C)noc1C)C2. The summed E-state index contributed by atoms with van der Waals surface area (Å²) >= 11 is 1.68. The van der Waals surface area contributed by atoms with Crippen LogP contribution in [0.25, 0.3) is 0 Å². The van der Waals surface area contributed by atoms with Gasteiger partial charge in [0.1, 0.15) is 5.76 Å². The van der Waals surface area contributed by atoms with Crippen LogP contribution < -0.4 is 5.32 Å². The quantitative estimate of drug-likeness (QED) is 0.766. The van der Waals surface area contributed by atoms with Gasteiger partial charge in [-0.25, -0.2) is 0 Å². The highest BCUT2D eigenvalue weighted by Gasteiger charge is 2.25. The lowest BCUT2D eigenvalue weighted by molar-refractivity contribution is 0.0921. The number of aryl methyl sites for hydroxylation is 2. The van der Waals surface area contributed by atoms with Crippen LogP contribution in [0.1, 0.15) is 44.7 Å². The van der Waals surface area contributed by atoms with Gasteiger partial charge in [-0.15, -0.1) is 11.3 Å². The summed E-state index contributed by atoms with van der Waals surface area (Å²) in [6.45, 7) is 10.3. The molecule has 6 nitrogen and oxygen atoms in total. The van der Waals surface area contributed by atoms with Crippen molar-refractivity contribution in [3.8, 4) is 0 Å². The zero-order valence-corrected chi connectivity index (χ0v) is 15.9. The van der Waals surface area contributed by atoms with E-state index in [2.05, 4.69) is 15.4 Å². The normalized spacial score (nSPS) is 14.5. The van der Waals surface area contributed by atoms with Crippen LogP contribution in [0.15, 0.2) is 9.90 Å². The molecule has 0 aliphatic carbocycles. The summed E-state index contributed by atoms with van der Waals surface area (Å²) in [6.07, 6.45) is 0.899. The van der Waals surface area contributed by atoms with Crippen LogP contribution in [0, 0.1) is 13.8 Å². The second-order valence-corrected chi connectivity index (χ2v) is 7.23. The van der Waals surface area contributed by atoms with Crippen molar-refractivity contribution in [2.75, 3.05) is 26.3 Å². The van der Waals surface area contributed by atoms with Gasteiger partial charge in [-0.05, 0) is 32.8 Å². The maximum absolute atomic E-state index is 12.4. The number of rotatable bonds is 7. The molecule has 7 heteroatoms. The molecule has 0 fully saturated rings. The fraction of sp³-hybridized carbons (Fsp3) is 0.556. The van der Waals surface area contributed by atoms with Crippen LogP contribution in [-0.4, -0.2) is 42.3 Å². The Morgan fingerprint density at radius 1 is 1.48 bits per heavy atom. The molecule has 0 spiro atoms. The Morgan fingerprint density at radius 2 is 2.32 bits per heavy atom. The Bertz CT molecular complexity index is 719. The van der Waals surface area contributed by atoms with Crippen molar-refractivity contribution < 1.29 is 14.1 Å². The second kappa shape index (κ2) is 8.12. The molecule has 136 valence electrons. The molecular formula is C18H25N3O3S. The molecule has 25 heavy (non-hydrogen) atoms. The Kier molecular flexibility index (Phi) is 5.88. The van der Waals surface area contributed by atoms with Crippen molar-refractivity contribution in [2.45, 2.75) is 40.3 Å². The molecule has 0 bridgehead atoms. The fourth-order valence-electron chi connectivity index (χ4n) is 3.13. The number of aromatic nitrogens is 1. The Balaban J connectivity index is 1.61. The monoisotopic (exact) mass is 363 g/mol. The largest absolute Gasteiger partial charge is 0.380 e. The Labute approximate surface area is 152 Å². The number of carbonyl (C=O) groups is 1. The minimum Gasteiger partial charge on any atom is -0.380 e. The van der Waals surface area contributed by atoms with E-state index in [1.54, 1.807) is 11.3 Å². The molecule has 1 amide bonds. The molecular weight excluding hydrogens is 338 g/mol. The summed E-state index contributed by atoms with van der Waals surface area (Å²) in [5, 5.41) is 8.96. The van der Waals surface area contributed by atoms with Crippen molar-refractivity contribution in [3.05, 3.63) is 38.4 Å². The summed E-state index contributed by atoms with van der Waals surface area (Å²) < 4.78 is 10.5. The van der Waals surface area contributed by atoms with E-state index in [1.807, 2.05) is 26.2 Å². The van der Waals surface area contributed by atoms with Gasteiger partial charge in [0.05, 0.1) is 17.9 Å². The molecule has 2 aromatic heterocycles. The topological polar surface area (TPSA) is 67.6 Å². The molecule has 1 N–H and O–H groups in total. The first-order chi connectivity index (χ1) is 12.1. The first-order valence-electron chi connectivity index (χ1n) is 8.69. The van der Waals surface area contributed by atoms with Gasteiger partial charge < -0.3 is 14.6 Å². The van der Waals surface area contributed by atoms with E-state index >= 15 is 0 Å². The lowest BCUT2D eigenvalue weighted by atomic mass is 10.0. The molecule has 1 aliphatic heterocycles. The highest BCUT2D eigenvalue weighted by molar-refractivity contribution is 7.10. The van der Waals surface area contributed by atoms with E-state index in [1.165, 1.54) is 16.0 Å². The number of carbonyl (C=O) groups excluding carboxylic acids is 1. The number of nitrogens with zero attached hydrogens (tertiary/aromatic N) is 2. The summed E-state index contributed by atoms with van der Waals surface area (Å²) in [4.78, 5) is 16.0. The molecule has 0 saturated heterocycles. The highest BCUT2D eigenvalue weighted by atomic mass is 32.1. The average Bonchev–Trinajstić information content (AvgIpc) is 3.16. The first-order valence-corrected chi connectivity index (χ1v) is 9.57. The predicted molar refractivity (Wildman–Crippen MR) is 96.9 cm³/mol. The van der Waals surface area contributed by atoms with E-state index < -0.39 is 0 Å². The van der Waals surface area contributed by atoms with Crippen LogP contribution in [0.3, 0.4) is 0 Å². The number of hydrogen-bond donors (Lipinski definition) is 1. The third kappa shape index (κ3) is 4.11. The van der Waals surface area contributed by atoms with Crippen LogP contribution >= 0.6 is 11.3 Å². The third-order valence-electron chi connectivity index (χ3n) is 4.57. The van der Waals surface area contributed by atoms with E-state index in [9.17, 15) is 4.79 Å². The second-order valence-electron chi connectivity index (χ2n) is 6.27. The van der Waals surface area contributed by atoms with Gasteiger partial charge in [0.25, 0.3) is 5.91 Å². The fourth-order valence-corrected chi connectivity index (χ4v) is 4.26. The van der Waals surface area contributed by atoms with Gasteiger partial charge in [0.2, 0.25) is 0 Å². The van der Waals surface area contributed by atoms with Crippen LogP contribution in [0.5, 0.6) is 0 Å². The zero-order valence-electron chi connectivity index (χ0n) is 15.1. The van der Waals surface area contributed by atoms with E-state index in [0.29, 0.717) is 19.8 Å². The molecule has 3 rings (SSSR count). The van der Waals surface area contributed by atoms with E-state index in [4.69, 9.17) is 9.26 Å². The van der Waals surface area contributed by atoms with Crippen molar-refractivity contribution in [3.63, 3.8) is 0 Å². The number of fused-ring (bicyclic) bond motifs is 1. The molecule has 0 unspecified atom stereocenters. The Hall–Kier alpha value is -1.70. The van der Waals surface area contributed by atoms with Crippen LogP contribution in [0.2, 0.25) is 0 Å². The smallest absolute Gasteiger partial charge is 0.252 e. The summed E-state index contributed by atoms with van der Waals surface area (Å²) in [6, 6.07) is 0. The van der Waals surface area contributed by atoms with Crippen LogP contribution in [0.4, 0.5) is 0 Å². The minimum absolute atomic E-state index is 0.0105. The maximum Gasteiger partial charge on any atom is 0.252 e. The molecule has 3 heterocycles. The predicted octanol–water partition coefficient (Wildman–Crippen LogP) is 2.68. The maximum atomic E-state index is 12.4. The number of hydrogen-bond acceptors (Lipinski definition) is 6. The molecule has 0 radical (unpaired) electrons. The lowest BCUT2D eigenvalue weighted by Gasteiger charge is -2.27. The first kappa shape index (κ1) is 18.1. The van der Waals surface area contributed by atoms with E-state index in [0.717, 1.165) is 43.1 Å². The molecule has 0 atom stereocenters. The standard InChI is InChI=1S/C18H25N3O3S/c1-4-23-8-6-19-18(22)16-11-25-17-10-21(7-5-14(16)17)9-15-12(2)20-24-13(15)3/h11H,4-10H2,1-3H3,(H,19,22). The van der Waals surface area contributed by atoms with Gasteiger partial charge >= 0.3 is 0 Å². The molecule has 0 aromatic carbocycles. The highest BCUT2D eigenvalue weighted by Crippen LogP contribution is 2.30. The third-order valence-corrected chi connectivity index (χ3v) is 5.58. The van der Waals surface area contributed by atoms with Crippen LogP contribution in [-0.2, 0) is 24.2 Å². The van der Waals surface area contributed by atoms with Gasteiger partial charge in [-0.2, -0.15) is 0 Å². The van der Waals surface area contributed by atoms with Gasteiger partial charge in [0, 0.05) is 48.6 Å². The lowest BCUT2D eigenvalue weighted by Crippen LogP contribution is -2.32. The average molecular weight is 363 g/mol. The summed E-state index contributed by atoms with van der Waals surface area (Å²) in [7, 11) is 0. The molecule has 2 aromatic rings. The minimum atomic E-state index is 0.0105. The van der Waals surface area contributed by atoms with Gasteiger partial charge in [-0.3, -0.25) is 9.69 Å². The molecule has 0 saturated carbocycles. The Morgan fingerprint density at radius 3 is 3.04 bits per heavy atom. The number of nitrogens with one attached hydrogen (secondary N) is 1. The van der Waals surface area contributed by atoms with Gasteiger partial charge in [-0.1, -0.05) is 5.16 Å². The summed E-state index contributed by atoms with van der Waals surface area (Å²) in [5.41, 5.74) is 4.17. The number of amides is 1.